The molecule has 0 saturated carbocycles. The highest BCUT2D eigenvalue weighted by Crippen LogP contribution is 2.24. The monoisotopic (exact) mass is 285 g/mol. The van der Waals surface area contributed by atoms with Gasteiger partial charge in [0.1, 0.15) is 5.82 Å². The molecule has 1 amide bonds. The Labute approximate surface area is 117 Å². The molecule has 0 aliphatic carbocycles. The molecule has 1 aliphatic rings. The summed E-state index contributed by atoms with van der Waals surface area (Å²) in [5.74, 6) is -0.993. The lowest BCUT2D eigenvalue weighted by Gasteiger charge is -2.37. The van der Waals surface area contributed by atoms with Gasteiger partial charge in [0.2, 0.25) is 0 Å². The fourth-order valence-electron chi connectivity index (χ4n) is 2.53. The van der Waals surface area contributed by atoms with E-state index in [0.29, 0.717) is 6.54 Å². The molecule has 1 fully saturated rings. The van der Waals surface area contributed by atoms with E-state index in [2.05, 4.69) is 0 Å². The van der Waals surface area contributed by atoms with Crippen LogP contribution in [-0.4, -0.2) is 34.6 Å². The molecule has 1 aromatic rings. The number of aliphatic hydroxyl groups excluding tert-OH is 1. The zero-order chi connectivity index (χ0) is 14.0. The number of benzene rings is 1. The molecule has 0 aromatic heterocycles. The Morgan fingerprint density at radius 1 is 1.53 bits per heavy atom. The Morgan fingerprint density at radius 2 is 2.26 bits per heavy atom. The molecular weight excluding hydrogens is 269 g/mol. The summed E-state index contributed by atoms with van der Waals surface area (Å²) < 4.78 is 13.8. The molecule has 0 radical (unpaired) electrons. The molecule has 0 bridgehead atoms. The number of amides is 1. The average molecular weight is 286 g/mol. The van der Waals surface area contributed by atoms with Gasteiger partial charge in [-0.05, 0) is 44.4 Å². The summed E-state index contributed by atoms with van der Waals surface area (Å²) in [5, 5.41) is 10.0. The van der Waals surface area contributed by atoms with E-state index in [0.717, 1.165) is 25.3 Å². The van der Waals surface area contributed by atoms with E-state index in [9.17, 15) is 14.3 Å². The number of piperidine rings is 1. The highest BCUT2D eigenvalue weighted by molar-refractivity contribution is 6.30. The quantitative estimate of drug-likeness (QED) is 0.908. The van der Waals surface area contributed by atoms with E-state index in [1.54, 1.807) is 11.8 Å². The van der Waals surface area contributed by atoms with Gasteiger partial charge in [-0.15, -0.1) is 0 Å². The summed E-state index contributed by atoms with van der Waals surface area (Å²) in [6.45, 7) is 2.21. The lowest BCUT2D eigenvalue weighted by atomic mass is 9.97. The molecule has 104 valence electrons. The molecule has 2 unspecified atom stereocenters. The summed E-state index contributed by atoms with van der Waals surface area (Å²) in [6.07, 6.45) is 1.99. The summed E-state index contributed by atoms with van der Waals surface area (Å²) in [5.41, 5.74) is 0.0111. The number of carbonyl (C=O) groups excluding carboxylic acids is 1. The standard InChI is InChI=1S/C14H17ClFNO2/c1-9(18)13-4-2-3-7-17(13)14(19)11-6-5-10(15)8-12(11)16/h5-6,8-9,13,18H,2-4,7H2,1H3. The van der Waals surface area contributed by atoms with Crippen LogP contribution in [0.4, 0.5) is 4.39 Å². The zero-order valence-electron chi connectivity index (χ0n) is 10.8. The summed E-state index contributed by atoms with van der Waals surface area (Å²) in [6, 6.07) is 3.79. The van der Waals surface area contributed by atoms with Gasteiger partial charge in [0.15, 0.2) is 0 Å². The Bertz CT molecular complexity index is 479. The normalized spacial score (nSPS) is 21.3. The largest absolute Gasteiger partial charge is 0.391 e. The van der Waals surface area contributed by atoms with Gasteiger partial charge in [0, 0.05) is 11.6 Å². The van der Waals surface area contributed by atoms with Crippen LogP contribution < -0.4 is 0 Å². The van der Waals surface area contributed by atoms with E-state index < -0.39 is 11.9 Å². The molecule has 1 N–H and O–H groups in total. The molecule has 1 heterocycles. The molecule has 2 rings (SSSR count). The van der Waals surface area contributed by atoms with Crippen molar-refractivity contribution in [3.63, 3.8) is 0 Å². The van der Waals surface area contributed by atoms with Crippen molar-refractivity contribution in [1.82, 2.24) is 4.90 Å². The predicted octanol–water partition coefficient (Wildman–Crippen LogP) is 2.85. The van der Waals surface area contributed by atoms with Crippen molar-refractivity contribution in [1.29, 1.82) is 0 Å². The number of hydrogen-bond acceptors (Lipinski definition) is 2. The number of halogens is 2. The van der Waals surface area contributed by atoms with E-state index >= 15 is 0 Å². The second kappa shape index (κ2) is 5.88. The van der Waals surface area contributed by atoms with Crippen LogP contribution in [0.15, 0.2) is 18.2 Å². The van der Waals surface area contributed by atoms with Gasteiger partial charge in [-0.1, -0.05) is 11.6 Å². The number of likely N-dealkylation sites (tertiary alicyclic amines) is 1. The number of aliphatic hydroxyl groups is 1. The minimum absolute atomic E-state index is 0.0111. The Balaban J connectivity index is 2.26. The van der Waals surface area contributed by atoms with Crippen LogP contribution in [-0.2, 0) is 0 Å². The van der Waals surface area contributed by atoms with Gasteiger partial charge < -0.3 is 10.0 Å². The number of carbonyl (C=O) groups is 1. The molecule has 1 aromatic carbocycles. The summed E-state index contributed by atoms with van der Waals surface area (Å²) >= 11 is 5.68. The van der Waals surface area contributed by atoms with Crippen LogP contribution in [0.5, 0.6) is 0 Å². The molecule has 19 heavy (non-hydrogen) atoms. The van der Waals surface area contributed by atoms with Crippen LogP contribution in [0.2, 0.25) is 5.02 Å². The minimum Gasteiger partial charge on any atom is -0.391 e. The average Bonchev–Trinajstić information content (AvgIpc) is 2.38. The molecule has 2 atom stereocenters. The van der Waals surface area contributed by atoms with Crippen LogP contribution in [0.1, 0.15) is 36.5 Å². The minimum atomic E-state index is -0.618. The lowest BCUT2D eigenvalue weighted by molar-refractivity contribution is 0.0277. The first-order valence-electron chi connectivity index (χ1n) is 6.45. The van der Waals surface area contributed by atoms with Crippen molar-refractivity contribution in [3.05, 3.63) is 34.6 Å². The van der Waals surface area contributed by atoms with Gasteiger partial charge in [-0.25, -0.2) is 4.39 Å². The maximum atomic E-state index is 13.8. The summed E-state index contributed by atoms with van der Waals surface area (Å²) in [7, 11) is 0. The third kappa shape index (κ3) is 3.07. The maximum absolute atomic E-state index is 13.8. The van der Waals surface area contributed by atoms with Crippen LogP contribution in [0.25, 0.3) is 0 Å². The Hall–Kier alpha value is -1.13. The van der Waals surface area contributed by atoms with Gasteiger partial charge in [0.05, 0.1) is 17.7 Å². The SMILES string of the molecule is CC(O)C1CCCCN1C(=O)c1ccc(Cl)cc1F. The van der Waals surface area contributed by atoms with Crippen LogP contribution in [0, 0.1) is 5.82 Å². The van der Waals surface area contributed by atoms with Crippen molar-refractivity contribution in [2.45, 2.75) is 38.3 Å². The van der Waals surface area contributed by atoms with E-state index in [1.807, 2.05) is 0 Å². The van der Waals surface area contributed by atoms with E-state index in [-0.39, 0.29) is 22.5 Å². The van der Waals surface area contributed by atoms with Crippen LogP contribution in [0.3, 0.4) is 0 Å². The van der Waals surface area contributed by atoms with Gasteiger partial charge >= 0.3 is 0 Å². The number of nitrogens with zero attached hydrogens (tertiary/aromatic N) is 1. The zero-order valence-corrected chi connectivity index (χ0v) is 11.5. The van der Waals surface area contributed by atoms with E-state index in [4.69, 9.17) is 11.6 Å². The first-order chi connectivity index (χ1) is 9.00. The lowest BCUT2D eigenvalue weighted by Crippen LogP contribution is -2.49. The number of rotatable bonds is 2. The topological polar surface area (TPSA) is 40.5 Å². The predicted molar refractivity (Wildman–Crippen MR) is 71.8 cm³/mol. The van der Waals surface area contributed by atoms with Crippen molar-refractivity contribution in [2.24, 2.45) is 0 Å². The highest BCUT2D eigenvalue weighted by Gasteiger charge is 2.31. The first kappa shape index (κ1) is 14.3. The van der Waals surface area contributed by atoms with Crippen molar-refractivity contribution < 1.29 is 14.3 Å². The molecule has 3 nitrogen and oxygen atoms in total. The molecule has 5 heteroatoms. The molecule has 0 spiro atoms. The Morgan fingerprint density at radius 3 is 2.89 bits per heavy atom. The Kier molecular flexibility index (Phi) is 4.42. The fourth-order valence-corrected chi connectivity index (χ4v) is 2.69. The van der Waals surface area contributed by atoms with Gasteiger partial charge in [-0.2, -0.15) is 0 Å². The van der Waals surface area contributed by atoms with Gasteiger partial charge in [-0.3, -0.25) is 4.79 Å². The molecule has 1 aliphatic heterocycles. The van der Waals surface area contributed by atoms with Gasteiger partial charge in [0.25, 0.3) is 5.91 Å². The van der Waals surface area contributed by atoms with Crippen molar-refractivity contribution >= 4 is 17.5 Å². The fraction of sp³-hybridized carbons (Fsp3) is 0.500. The highest BCUT2D eigenvalue weighted by atomic mass is 35.5. The molecule has 1 saturated heterocycles. The second-order valence-electron chi connectivity index (χ2n) is 4.93. The third-order valence-electron chi connectivity index (χ3n) is 3.53. The first-order valence-corrected chi connectivity index (χ1v) is 6.82. The molecular formula is C14H17ClFNO2. The third-order valence-corrected chi connectivity index (χ3v) is 3.76. The van der Waals surface area contributed by atoms with E-state index in [1.165, 1.54) is 12.1 Å². The second-order valence-corrected chi connectivity index (χ2v) is 5.36. The maximum Gasteiger partial charge on any atom is 0.257 e. The number of hydrogen-bond donors (Lipinski definition) is 1. The smallest absolute Gasteiger partial charge is 0.257 e. The van der Waals surface area contributed by atoms with Crippen molar-refractivity contribution in [3.8, 4) is 0 Å². The van der Waals surface area contributed by atoms with Crippen molar-refractivity contribution in [2.75, 3.05) is 6.54 Å². The summed E-state index contributed by atoms with van der Waals surface area (Å²) in [4.78, 5) is 13.9. The van der Waals surface area contributed by atoms with Crippen LogP contribution >= 0.6 is 11.6 Å².